The number of benzene rings is 1. The average Bonchev–Trinajstić information content (AvgIpc) is 3.04. The molecule has 0 bridgehead atoms. The molecule has 1 aliphatic rings. The van der Waals surface area contributed by atoms with Crippen LogP contribution in [0.4, 0.5) is 5.69 Å². The van der Waals surface area contributed by atoms with Gasteiger partial charge in [-0.25, -0.2) is 0 Å². The molecule has 4 nitrogen and oxygen atoms in total. The molecule has 4 heteroatoms. The number of rotatable bonds is 3. The highest BCUT2D eigenvalue weighted by molar-refractivity contribution is 5.95. The predicted octanol–water partition coefficient (Wildman–Crippen LogP) is 2.23. The van der Waals surface area contributed by atoms with Gasteiger partial charge in [-0.1, -0.05) is 6.07 Å². The topological polar surface area (TPSA) is 46.1 Å². The molecule has 0 spiro atoms. The van der Waals surface area contributed by atoms with Gasteiger partial charge in [-0.2, -0.15) is 0 Å². The summed E-state index contributed by atoms with van der Waals surface area (Å²) in [5, 5.41) is 6.27. The van der Waals surface area contributed by atoms with E-state index in [-0.39, 0.29) is 5.91 Å². The highest BCUT2D eigenvalue weighted by Gasteiger charge is 2.13. The lowest BCUT2D eigenvalue weighted by Crippen LogP contribution is -2.24. The minimum Gasteiger partial charge on any atom is -0.384 e. The minimum atomic E-state index is -0.0275. The maximum atomic E-state index is 12.2. The quantitative estimate of drug-likeness (QED) is 0.897. The number of anilines is 1. The van der Waals surface area contributed by atoms with Crippen LogP contribution in [0.1, 0.15) is 27.3 Å². The van der Waals surface area contributed by atoms with Gasteiger partial charge in [-0.15, -0.1) is 0 Å². The standard InChI is InChI=1S/C16H19N3O/c1-11-3-6-14(19(11)2)10-18-16(20)13-5-4-12-7-8-17-15(12)9-13/h3-6,9,17H,7-8,10H2,1-2H3,(H,18,20). The van der Waals surface area contributed by atoms with Gasteiger partial charge >= 0.3 is 0 Å². The molecule has 2 heterocycles. The zero-order valence-corrected chi connectivity index (χ0v) is 11.9. The van der Waals surface area contributed by atoms with Gasteiger partial charge in [0.05, 0.1) is 6.54 Å². The number of carbonyl (C=O) groups excluding carboxylic acids is 1. The molecular formula is C16H19N3O. The number of aromatic nitrogens is 1. The number of nitrogens with one attached hydrogen (secondary N) is 2. The molecule has 3 rings (SSSR count). The summed E-state index contributed by atoms with van der Waals surface area (Å²) in [6, 6.07) is 9.98. The van der Waals surface area contributed by atoms with Gasteiger partial charge in [0.1, 0.15) is 0 Å². The van der Waals surface area contributed by atoms with Gasteiger partial charge in [-0.05, 0) is 43.2 Å². The molecule has 1 aliphatic heterocycles. The summed E-state index contributed by atoms with van der Waals surface area (Å²) in [6.45, 7) is 3.56. The van der Waals surface area contributed by atoms with Gasteiger partial charge < -0.3 is 15.2 Å². The van der Waals surface area contributed by atoms with E-state index in [2.05, 4.69) is 28.2 Å². The summed E-state index contributed by atoms with van der Waals surface area (Å²) in [5.74, 6) is -0.0275. The second-order valence-electron chi connectivity index (χ2n) is 5.26. The van der Waals surface area contributed by atoms with Crippen molar-refractivity contribution in [1.82, 2.24) is 9.88 Å². The molecule has 1 amide bonds. The molecule has 1 aromatic carbocycles. The molecule has 0 saturated heterocycles. The summed E-state index contributed by atoms with van der Waals surface area (Å²) >= 11 is 0. The van der Waals surface area contributed by atoms with E-state index in [0.717, 1.165) is 24.3 Å². The molecule has 0 atom stereocenters. The normalized spacial score (nSPS) is 12.9. The monoisotopic (exact) mass is 269 g/mol. The fourth-order valence-electron chi connectivity index (χ4n) is 2.55. The van der Waals surface area contributed by atoms with E-state index in [1.165, 1.54) is 11.3 Å². The number of fused-ring (bicyclic) bond motifs is 1. The van der Waals surface area contributed by atoms with E-state index < -0.39 is 0 Å². The molecule has 104 valence electrons. The zero-order valence-electron chi connectivity index (χ0n) is 11.9. The Bertz CT molecular complexity index is 658. The Morgan fingerprint density at radius 1 is 1.35 bits per heavy atom. The summed E-state index contributed by atoms with van der Waals surface area (Å²) in [5.41, 5.74) is 5.39. The number of aryl methyl sites for hydroxylation is 1. The van der Waals surface area contributed by atoms with Crippen molar-refractivity contribution >= 4 is 11.6 Å². The Balaban J connectivity index is 1.69. The summed E-state index contributed by atoms with van der Waals surface area (Å²) in [4.78, 5) is 12.2. The lowest BCUT2D eigenvalue weighted by atomic mass is 10.1. The van der Waals surface area contributed by atoms with Gasteiger partial charge in [-0.3, -0.25) is 4.79 Å². The van der Waals surface area contributed by atoms with Crippen molar-refractivity contribution in [2.75, 3.05) is 11.9 Å². The number of nitrogens with zero attached hydrogens (tertiary/aromatic N) is 1. The Morgan fingerprint density at radius 2 is 2.20 bits per heavy atom. The molecule has 0 aliphatic carbocycles. The van der Waals surface area contributed by atoms with Gasteiger partial charge in [0.25, 0.3) is 5.91 Å². The minimum absolute atomic E-state index is 0.0275. The second kappa shape index (κ2) is 5.04. The molecule has 2 aromatic rings. The van der Waals surface area contributed by atoms with Gasteiger partial charge in [0.2, 0.25) is 0 Å². The van der Waals surface area contributed by atoms with Crippen molar-refractivity contribution < 1.29 is 4.79 Å². The first-order valence-electron chi connectivity index (χ1n) is 6.91. The molecular weight excluding hydrogens is 250 g/mol. The van der Waals surface area contributed by atoms with Crippen LogP contribution in [-0.2, 0) is 20.0 Å². The molecule has 1 aromatic heterocycles. The van der Waals surface area contributed by atoms with Crippen LogP contribution in [0.5, 0.6) is 0 Å². The van der Waals surface area contributed by atoms with Gasteiger partial charge in [0.15, 0.2) is 0 Å². The van der Waals surface area contributed by atoms with Crippen LogP contribution in [0.25, 0.3) is 0 Å². The lowest BCUT2D eigenvalue weighted by molar-refractivity contribution is 0.0950. The van der Waals surface area contributed by atoms with E-state index in [4.69, 9.17) is 0 Å². The first kappa shape index (κ1) is 12.8. The van der Waals surface area contributed by atoms with E-state index in [1.807, 2.05) is 31.3 Å². The van der Waals surface area contributed by atoms with Crippen LogP contribution in [0.2, 0.25) is 0 Å². The van der Waals surface area contributed by atoms with Crippen LogP contribution in [0.15, 0.2) is 30.3 Å². The molecule has 0 fully saturated rings. The number of hydrogen-bond acceptors (Lipinski definition) is 2. The molecule has 0 radical (unpaired) electrons. The van der Waals surface area contributed by atoms with E-state index in [0.29, 0.717) is 12.1 Å². The molecule has 20 heavy (non-hydrogen) atoms. The zero-order chi connectivity index (χ0) is 14.1. The molecule has 2 N–H and O–H groups in total. The summed E-state index contributed by atoms with van der Waals surface area (Å²) in [7, 11) is 2.01. The smallest absolute Gasteiger partial charge is 0.251 e. The van der Waals surface area contributed by atoms with Crippen molar-refractivity contribution in [1.29, 1.82) is 0 Å². The number of carbonyl (C=O) groups is 1. The Kier molecular flexibility index (Phi) is 3.22. The Labute approximate surface area is 118 Å². The van der Waals surface area contributed by atoms with Crippen LogP contribution in [-0.4, -0.2) is 17.0 Å². The van der Waals surface area contributed by atoms with Crippen molar-refractivity contribution in [2.24, 2.45) is 7.05 Å². The van der Waals surface area contributed by atoms with Crippen molar-refractivity contribution in [3.8, 4) is 0 Å². The largest absolute Gasteiger partial charge is 0.384 e. The van der Waals surface area contributed by atoms with E-state index >= 15 is 0 Å². The SMILES string of the molecule is Cc1ccc(CNC(=O)c2ccc3c(c2)NCC3)n1C. The third-order valence-corrected chi connectivity index (χ3v) is 3.99. The van der Waals surface area contributed by atoms with Gasteiger partial charge in [0, 0.05) is 36.2 Å². The van der Waals surface area contributed by atoms with Crippen LogP contribution in [0, 0.1) is 6.92 Å². The fourth-order valence-corrected chi connectivity index (χ4v) is 2.55. The average molecular weight is 269 g/mol. The third kappa shape index (κ3) is 2.29. The molecule has 0 unspecified atom stereocenters. The molecule has 0 saturated carbocycles. The second-order valence-corrected chi connectivity index (χ2v) is 5.26. The lowest BCUT2D eigenvalue weighted by Gasteiger charge is -2.09. The number of hydrogen-bond donors (Lipinski definition) is 2. The highest BCUT2D eigenvalue weighted by atomic mass is 16.1. The van der Waals surface area contributed by atoms with E-state index in [1.54, 1.807) is 0 Å². The first-order chi connectivity index (χ1) is 9.65. The predicted molar refractivity (Wildman–Crippen MR) is 80.0 cm³/mol. The van der Waals surface area contributed by atoms with Crippen LogP contribution < -0.4 is 10.6 Å². The van der Waals surface area contributed by atoms with Crippen LogP contribution >= 0.6 is 0 Å². The highest BCUT2D eigenvalue weighted by Crippen LogP contribution is 2.23. The summed E-state index contributed by atoms with van der Waals surface area (Å²) < 4.78 is 2.09. The maximum Gasteiger partial charge on any atom is 0.251 e. The Hall–Kier alpha value is -2.23. The fraction of sp³-hybridized carbons (Fsp3) is 0.312. The summed E-state index contributed by atoms with van der Waals surface area (Å²) in [6.07, 6.45) is 1.04. The Morgan fingerprint density at radius 3 is 2.95 bits per heavy atom. The van der Waals surface area contributed by atoms with Crippen molar-refractivity contribution in [3.05, 3.63) is 52.8 Å². The maximum absolute atomic E-state index is 12.2. The van der Waals surface area contributed by atoms with Crippen LogP contribution in [0.3, 0.4) is 0 Å². The first-order valence-corrected chi connectivity index (χ1v) is 6.91. The van der Waals surface area contributed by atoms with E-state index in [9.17, 15) is 4.79 Å². The number of amides is 1. The third-order valence-electron chi connectivity index (χ3n) is 3.99. The van der Waals surface area contributed by atoms with Crippen molar-refractivity contribution in [3.63, 3.8) is 0 Å². The van der Waals surface area contributed by atoms with Crippen molar-refractivity contribution in [2.45, 2.75) is 19.9 Å².